The van der Waals surface area contributed by atoms with Crippen LogP contribution in [0.25, 0.3) is 0 Å². The molecule has 1 rings (SSSR count). The number of ether oxygens (including phenoxy) is 2. The van der Waals surface area contributed by atoms with Crippen LogP contribution >= 0.6 is 0 Å². The van der Waals surface area contributed by atoms with Gasteiger partial charge in [0.15, 0.2) is 0 Å². The van der Waals surface area contributed by atoms with Gasteiger partial charge in [0.05, 0.1) is 18.4 Å². The smallest absolute Gasteiger partial charge is 0.142 e. The molecule has 0 unspecified atom stereocenters. The molecule has 21 heavy (non-hydrogen) atoms. The minimum absolute atomic E-state index is 0.0738. The maximum absolute atomic E-state index is 8.71. The predicted molar refractivity (Wildman–Crippen MR) is 85.7 cm³/mol. The lowest BCUT2D eigenvalue weighted by Gasteiger charge is -2.25. The summed E-state index contributed by atoms with van der Waals surface area (Å²) < 4.78 is 10.8. The molecule has 4 nitrogen and oxygen atoms in total. The van der Waals surface area contributed by atoms with E-state index in [1.807, 2.05) is 19.1 Å². The quantitative estimate of drug-likeness (QED) is 0.703. The number of methoxy groups -OCH3 is 1. The van der Waals surface area contributed by atoms with Gasteiger partial charge in [-0.3, -0.25) is 0 Å². The summed E-state index contributed by atoms with van der Waals surface area (Å²) in [5.41, 5.74) is 2.23. The van der Waals surface area contributed by atoms with E-state index >= 15 is 0 Å². The fraction of sp³-hybridized carbons (Fsp3) is 0.588. The van der Waals surface area contributed by atoms with Gasteiger partial charge in [-0.05, 0) is 36.5 Å². The van der Waals surface area contributed by atoms with Crippen molar-refractivity contribution in [1.82, 2.24) is 0 Å². The first-order valence-corrected chi connectivity index (χ1v) is 7.32. The highest BCUT2D eigenvalue weighted by Gasteiger charge is 2.18. The van der Waals surface area contributed by atoms with Crippen molar-refractivity contribution in [1.29, 1.82) is 5.26 Å². The highest BCUT2D eigenvalue weighted by Crippen LogP contribution is 2.29. The lowest BCUT2D eigenvalue weighted by Crippen LogP contribution is -2.23. The molecule has 0 spiro atoms. The zero-order valence-corrected chi connectivity index (χ0v) is 13.5. The van der Waals surface area contributed by atoms with Crippen LogP contribution in [0, 0.1) is 23.7 Å². The van der Waals surface area contributed by atoms with E-state index in [1.165, 1.54) is 0 Å². The average Bonchev–Trinajstić information content (AvgIpc) is 2.45. The van der Waals surface area contributed by atoms with Crippen LogP contribution in [0.1, 0.15) is 32.3 Å². The lowest BCUT2D eigenvalue weighted by atomic mass is 9.88. The molecule has 0 aliphatic carbocycles. The Morgan fingerprint density at radius 2 is 2.05 bits per heavy atom. The van der Waals surface area contributed by atoms with Crippen LogP contribution in [0.5, 0.6) is 5.75 Å². The van der Waals surface area contributed by atoms with E-state index in [0.717, 1.165) is 30.0 Å². The first kappa shape index (κ1) is 17.3. The third kappa shape index (κ3) is 6.50. The van der Waals surface area contributed by atoms with Gasteiger partial charge < -0.3 is 14.8 Å². The molecule has 116 valence electrons. The Kier molecular flexibility index (Phi) is 7.04. The second-order valence-electron chi connectivity index (χ2n) is 6.02. The summed E-state index contributed by atoms with van der Waals surface area (Å²) in [7, 11) is 1.66. The summed E-state index contributed by atoms with van der Waals surface area (Å²) in [5, 5.41) is 12.1. The van der Waals surface area contributed by atoms with Crippen LogP contribution in [0.15, 0.2) is 18.2 Å². The molecule has 1 aromatic rings. The van der Waals surface area contributed by atoms with Crippen LogP contribution in [0.2, 0.25) is 0 Å². The highest BCUT2D eigenvalue weighted by molar-refractivity contribution is 5.57. The van der Waals surface area contributed by atoms with Gasteiger partial charge in [-0.15, -0.1) is 0 Å². The maximum atomic E-state index is 8.71. The highest BCUT2D eigenvalue weighted by atomic mass is 16.5. The van der Waals surface area contributed by atoms with Gasteiger partial charge in [0.1, 0.15) is 12.4 Å². The van der Waals surface area contributed by atoms with Crippen molar-refractivity contribution in [2.24, 2.45) is 5.41 Å². The monoisotopic (exact) mass is 290 g/mol. The molecular weight excluding hydrogens is 264 g/mol. The molecule has 0 fully saturated rings. The zero-order valence-electron chi connectivity index (χ0n) is 13.5. The van der Waals surface area contributed by atoms with Crippen molar-refractivity contribution < 1.29 is 9.47 Å². The number of aryl methyl sites for hydroxylation is 1. The Labute approximate surface area is 128 Å². The van der Waals surface area contributed by atoms with Crippen LogP contribution in [0.4, 0.5) is 5.69 Å². The van der Waals surface area contributed by atoms with Gasteiger partial charge in [0.25, 0.3) is 0 Å². The van der Waals surface area contributed by atoms with Crippen molar-refractivity contribution in [2.75, 3.05) is 32.2 Å². The number of nitrogens with one attached hydrogen (secondary N) is 1. The fourth-order valence-corrected chi connectivity index (χ4v) is 1.95. The van der Waals surface area contributed by atoms with Gasteiger partial charge in [-0.2, -0.15) is 5.26 Å². The normalized spacial score (nSPS) is 11.0. The van der Waals surface area contributed by atoms with E-state index in [1.54, 1.807) is 7.11 Å². The molecule has 0 radical (unpaired) electrons. The molecule has 4 heteroatoms. The first-order chi connectivity index (χ1) is 9.98. The largest absolute Gasteiger partial charge is 0.489 e. The Bertz CT molecular complexity index is 478. The molecule has 0 saturated carbocycles. The Morgan fingerprint density at radius 3 is 2.71 bits per heavy atom. The summed E-state index contributed by atoms with van der Waals surface area (Å²) in [6.45, 7) is 8.28. The van der Waals surface area contributed by atoms with Gasteiger partial charge in [0, 0.05) is 20.1 Å². The van der Waals surface area contributed by atoms with E-state index in [0.29, 0.717) is 19.6 Å². The van der Waals surface area contributed by atoms with E-state index in [4.69, 9.17) is 14.7 Å². The molecule has 0 aliphatic heterocycles. The molecule has 0 saturated heterocycles. The number of anilines is 1. The number of rotatable bonds is 9. The van der Waals surface area contributed by atoms with Crippen molar-refractivity contribution in [3.8, 4) is 11.8 Å². The second kappa shape index (κ2) is 8.53. The molecule has 0 aliphatic rings. The first-order valence-electron chi connectivity index (χ1n) is 7.32. The average molecular weight is 290 g/mol. The van der Waals surface area contributed by atoms with Gasteiger partial charge in [-0.25, -0.2) is 0 Å². The molecule has 0 atom stereocenters. The summed E-state index contributed by atoms with van der Waals surface area (Å²) in [6.07, 6.45) is 1.46. The molecule has 0 heterocycles. The predicted octanol–water partition coefficient (Wildman–Crippen LogP) is 3.76. The Morgan fingerprint density at radius 1 is 1.29 bits per heavy atom. The number of nitriles is 1. The standard InChI is InChI=1S/C17H26N2O2/c1-14-6-7-15(16(12-14)21-11-10-20-4)19-13-17(2,3)8-5-9-18/h6-7,12,19H,5,8,10-11,13H2,1-4H3. The van der Waals surface area contributed by atoms with Crippen molar-refractivity contribution in [3.63, 3.8) is 0 Å². The van der Waals surface area contributed by atoms with Crippen LogP contribution < -0.4 is 10.1 Å². The Balaban J connectivity index is 2.67. The van der Waals surface area contributed by atoms with Crippen LogP contribution in [-0.2, 0) is 4.74 Å². The van der Waals surface area contributed by atoms with Crippen molar-refractivity contribution >= 4 is 5.69 Å². The fourth-order valence-electron chi connectivity index (χ4n) is 1.95. The van der Waals surface area contributed by atoms with Crippen LogP contribution in [0.3, 0.4) is 0 Å². The lowest BCUT2D eigenvalue weighted by molar-refractivity contribution is 0.146. The number of benzene rings is 1. The Hall–Kier alpha value is -1.73. The minimum Gasteiger partial charge on any atom is -0.489 e. The van der Waals surface area contributed by atoms with Gasteiger partial charge >= 0.3 is 0 Å². The second-order valence-corrected chi connectivity index (χ2v) is 6.02. The number of hydrogen-bond acceptors (Lipinski definition) is 4. The van der Waals surface area contributed by atoms with Crippen molar-refractivity contribution in [2.45, 2.75) is 33.6 Å². The van der Waals surface area contributed by atoms with E-state index < -0.39 is 0 Å². The third-order valence-electron chi connectivity index (χ3n) is 3.35. The zero-order chi connectivity index (χ0) is 15.7. The number of hydrogen-bond donors (Lipinski definition) is 1. The topological polar surface area (TPSA) is 54.3 Å². The molecule has 0 amide bonds. The molecule has 0 bridgehead atoms. The summed E-state index contributed by atoms with van der Waals surface area (Å²) in [5.74, 6) is 0.850. The van der Waals surface area contributed by atoms with Crippen LogP contribution in [-0.4, -0.2) is 26.9 Å². The molecular formula is C17H26N2O2. The van der Waals surface area contributed by atoms with E-state index in [9.17, 15) is 0 Å². The van der Waals surface area contributed by atoms with Gasteiger partial charge in [0.2, 0.25) is 0 Å². The molecule has 1 N–H and O–H groups in total. The summed E-state index contributed by atoms with van der Waals surface area (Å²) in [4.78, 5) is 0. The van der Waals surface area contributed by atoms with Gasteiger partial charge in [-0.1, -0.05) is 19.9 Å². The summed E-state index contributed by atoms with van der Waals surface area (Å²) in [6, 6.07) is 8.34. The molecule has 0 aromatic heterocycles. The maximum Gasteiger partial charge on any atom is 0.142 e. The molecule has 1 aromatic carbocycles. The van der Waals surface area contributed by atoms with E-state index in [2.05, 4.69) is 31.3 Å². The minimum atomic E-state index is 0.0738. The number of nitrogens with zero attached hydrogens (tertiary/aromatic N) is 1. The van der Waals surface area contributed by atoms with Crippen molar-refractivity contribution in [3.05, 3.63) is 23.8 Å². The summed E-state index contributed by atoms with van der Waals surface area (Å²) >= 11 is 0. The SMILES string of the molecule is COCCOc1cc(C)ccc1NCC(C)(C)CCC#N. The third-order valence-corrected chi connectivity index (χ3v) is 3.35. The van der Waals surface area contributed by atoms with E-state index in [-0.39, 0.29) is 5.41 Å².